The van der Waals surface area contributed by atoms with Crippen molar-refractivity contribution < 1.29 is 19.5 Å². The van der Waals surface area contributed by atoms with Crippen LogP contribution in [0.4, 0.5) is 0 Å². The standard InChI is InChI=1S/C22H31N3O4/c26-18-10-4-9-17(15-18)20(27)23-12-6-13-24-21(28)19-11-5-14-25(19)22(29)16-7-2-1-3-8-16/h4,9-10,15-16,19,26H,1-3,5-8,11-14H2,(H,23,27)(H,24,28). The summed E-state index contributed by atoms with van der Waals surface area (Å²) in [5, 5.41) is 15.1. The Hall–Kier alpha value is -2.57. The van der Waals surface area contributed by atoms with E-state index in [1.54, 1.807) is 17.0 Å². The highest BCUT2D eigenvalue weighted by atomic mass is 16.3. The van der Waals surface area contributed by atoms with Crippen LogP contribution >= 0.6 is 0 Å². The van der Waals surface area contributed by atoms with Crippen LogP contribution in [0.5, 0.6) is 5.75 Å². The Bertz CT molecular complexity index is 731. The van der Waals surface area contributed by atoms with E-state index in [9.17, 15) is 19.5 Å². The summed E-state index contributed by atoms with van der Waals surface area (Å²) in [4.78, 5) is 39.2. The van der Waals surface area contributed by atoms with Crippen molar-refractivity contribution in [3.63, 3.8) is 0 Å². The number of hydrogen-bond donors (Lipinski definition) is 3. The summed E-state index contributed by atoms with van der Waals surface area (Å²) in [5.41, 5.74) is 0.400. The van der Waals surface area contributed by atoms with Crippen LogP contribution in [0.15, 0.2) is 24.3 Å². The SMILES string of the molecule is O=C(NCCCNC(=O)C1CCCN1C(=O)C1CCCCC1)c1cccc(O)c1. The molecule has 2 fully saturated rings. The predicted molar refractivity (Wildman–Crippen MR) is 109 cm³/mol. The Kier molecular flexibility index (Phi) is 7.49. The summed E-state index contributed by atoms with van der Waals surface area (Å²) >= 11 is 0. The van der Waals surface area contributed by atoms with Gasteiger partial charge >= 0.3 is 0 Å². The summed E-state index contributed by atoms with van der Waals surface area (Å²) in [6.07, 6.45) is 7.50. The van der Waals surface area contributed by atoms with E-state index in [4.69, 9.17) is 0 Å². The molecule has 1 saturated heterocycles. The summed E-state index contributed by atoms with van der Waals surface area (Å²) in [6, 6.07) is 5.82. The zero-order valence-electron chi connectivity index (χ0n) is 16.9. The van der Waals surface area contributed by atoms with Crippen LogP contribution in [-0.2, 0) is 9.59 Å². The van der Waals surface area contributed by atoms with E-state index in [0.717, 1.165) is 38.5 Å². The number of aromatic hydroxyl groups is 1. The van der Waals surface area contributed by atoms with Gasteiger partial charge in [0.1, 0.15) is 11.8 Å². The lowest BCUT2D eigenvalue weighted by molar-refractivity contribution is -0.142. The van der Waals surface area contributed by atoms with Gasteiger partial charge in [-0.1, -0.05) is 25.3 Å². The van der Waals surface area contributed by atoms with Crippen molar-refractivity contribution in [2.75, 3.05) is 19.6 Å². The van der Waals surface area contributed by atoms with Gasteiger partial charge in [0.05, 0.1) is 0 Å². The van der Waals surface area contributed by atoms with E-state index in [0.29, 0.717) is 31.6 Å². The highest BCUT2D eigenvalue weighted by molar-refractivity contribution is 5.94. The van der Waals surface area contributed by atoms with Crippen LogP contribution in [0.2, 0.25) is 0 Å². The summed E-state index contributed by atoms with van der Waals surface area (Å²) in [6.45, 7) is 1.54. The number of carbonyl (C=O) groups is 3. The molecule has 1 atom stereocenters. The minimum absolute atomic E-state index is 0.0498. The lowest BCUT2D eigenvalue weighted by Gasteiger charge is -2.30. The molecule has 1 saturated carbocycles. The Morgan fingerprint density at radius 2 is 1.76 bits per heavy atom. The monoisotopic (exact) mass is 401 g/mol. The van der Waals surface area contributed by atoms with Crippen molar-refractivity contribution in [1.29, 1.82) is 0 Å². The molecule has 3 rings (SSSR count). The molecule has 158 valence electrons. The molecule has 3 N–H and O–H groups in total. The molecular formula is C22H31N3O4. The third-order valence-electron chi connectivity index (χ3n) is 5.84. The van der Waals surface area contributed by atoms with E-state index < -0.39 is 0 Å². The second-order valence-electron chi connectivity index (χ2n) is 7.98. The molecule has 0 aromatic heterocycles. The highest BCUT2D eigenvalue weighted by Crippen LogP contribution is 2.28. The van der Waals surface area contributed by atoms with Gasteiger partial charge in [0.2, 0.25) is 11.8 Å². The number of likely N-dealkylation sites (tertiary alicyclic amines) is 1. The van der Waals surface area contributed by atoms with Gasteiger partial charge < -0.3 is 20.6 Å². The number of phenols is 1. The van der Waals surface area contributed by atoms with E-state index in [1.165, 1.54) is 18.6 Å². The first-order valence-electron chi connectivity index (χ1n) is 10.7. The van der Waals surface area contributed by atoms with Crippen molar-refractivity contribution in [3.8, 4) is 5.75 Å². The topological polar surface area (TPSA) is 98.7 Å². The number of carbonyl (C=O) groups excluding carboxylic acids is 3. The smallest absolute Gasteiger partial charge is 0.251 e. The Morgan fingerprint density at radius 1 is 1.00 bits per heavy atom. The molecule has 2 aliphatic rings. The molecule has 7 nitrogen and oxygen atoms in total. The Morgan fingerprint density at radius 3 is 2.52 bits per heavy atom. The maximum atomic E-state index is 12.8. The van der Waals surface area contributed by atoms with E-state index in [1.807, 2.05) is 0 Å². The van der Waals surface area contributed by atoms with Crippen LogP contribution < -0.4 is 10.6 Å². The molecule has 29 heavy (non-hydrogen) atoms. The first kappa shape index (κ1) is 21.1. The molecule has 0 spiro atoms. The van der Waals surface area contributed by atoms with Gasteiger partial charge in [0, 0.05) is 31.1 Å². The predicted octanol–water partition coefficient (Wildman–Crippen LogP) is 2.20. The molecule has 1 unspecified atom stereocenters. The van der Waals surface area contributed by atoms with Gasteiger partial charge in [-0.2, -0.15) is 0 Å². The lowest BCUT2D eigenvalue weighted by atomic mass is 9.88. The van der Waals surface area contributed by atoms with E-state index in [2.05, 4.69) is 10.6 Å². The lowest BCUT2D eigenvalue weighted by Crippen LogP contribution is -2.48. The van der Waals surface area contributed by atoms with Gasteiger partial charge in [-0.25, -0.2) is 0 Å². The van der Waals surface area contributed by atoms with Gasteiger partial charge in [0.15, 0.2) is 0 Å². The zero-order chi connectivity index (χ0) is 20.6. The zero-order valence-corrected chi connectivity index (χ0v) is 16.9. The fourth-order valence-electron chi connectivity index (χ4n) is 4.26. The van der Waals surface area contributed by atoms with Crippen molar-refractivity contribution in [2.24, 2.45) is 5.92 Å². The number of phenolic OH excluding ortho intramolecular Hbond substituents is 1. The normalized spacial score (nSPS) is 19.7. The first-order valence-corrected chi connectivity index (χ1v) is 10.7. The molecule has 1 aliphatic heterocycles. The molecule has 1 heterocycles. The van der Waals surface area contributed by atoms with Crippen LogP contribution in [0, 0.1) is 5.92 Å². The maximum Gasteiger partial charge on any atom is 0.251 e. The Balaban J connectivity index is 1.38. The summed E-state index contributed by atoms with van der Waals surface area (Å²) < 4.78 is 0. The van der Waals surface area contributed by atoms with Gasteiger partial charge in [-0.3, -0.25) is 14.4 Å². The average Bonchev–Trinajstić information content (AvgIpc) is 3.23. The van der Waals surface area contributed by atoms with Crippen molar-refractivity contribution in [1.82, 2.24) is 15.5 Å². The number of amides is 3. The van der Waals surface area contributed by atoms with Gasteiger partial charge in [0.25, 0.3) is 5.91 Å². The second kappa shape index (κ2) is 10.3. The van der Waals surface area contributed by atoms with Crippen molar-refractivity contribution >= 4 is 17.7 Å². The molecule has 1 aromatic rings. The molecule has 1 aliphatic carbocycles. The summed E-state index contributed by atoms with van der Waals surface area (Å²) in [7, 11) is 0. The number of rotatable bonds is 7. The first-order chi connectivity index (χ1) is 14.1. The van der Waals surface area contributed by atoms with Crippen LogP contribution in [0.1, 0.15) is 61.7 Å². The average molecular weight is 402 g/mol. The second-order valence-corrected chi connectivity index (χ2v) is 7.98. The molecule has 3 amide bonds. The largest absolute Gasteiger partial charge is 0.508 e. The fourth-order valence-corrected chi connectivity index (χ4v) is 4.26. The quantitative estimate of drug-likeness (QED) is 0.610. The third-order valence-corrected chi connectivity index (χ3v) is 5.84. The van der Waals surface area contributed by atoms with Crippen molar-refractivity contribution in [2.45, 2.75) is 57.4 Å². The van der Waals surface area contributed by atoms with Crippen molar-refractivity contribution in [3.05, 3.63) is 29.8 Å². The van der Waals surface area contributed by atoms with E-state index in [-0.39, 0.29) is 35.4 Å². The van der Waals surface area contributed by atoms with Crippen LogP contribution in [-0.4, -0.2) is 53.4 Å². The molecule has 0 radical (unpaired) electrons. The van der Waals surface area contributed by atoms with Gasteiger partial charge in [-0.15, -0.1) is 0 Å². The highest BCUT2D eigenvalue weighted by Gasteiger charge is 2.37. The van der Waals surface area contributed by atoms with Crippen LogP contribution in [0.25, 0.3) is 0 Å². The van der Waals surface area contributed by atoms with Crippen LogP contribution in [0.3, 0.4) is 0 Å². The minimum Gasteiger partial charge on any atom is -0.508 e. The molecular weight excluding hydrogens is 370 g/mol. The number of hydrogen-bond acceptors (Lipinski definition) is 4. The number of nitrogens with one attached hydrogen (secondary N) is 2. The summed E-state index contributed by atoms with van der Waals surface area (Å²) in [5.74, 6) is -0.0578. The molecule has 0 bridgehead atoms. The number of benzene rings is 1. The minimum atomic E-state index is -0.355. The molecule has 1 aromatic carbocycles. The Labute approximate surface area is 171 Å². The van der Waals surface area contributed by atoms with Gasteiger partial charge in [-0.05, 0) is 50.3 Å². The van der Waals surface area contributed by atoms with E-state index >= 15 is 0 Å². The molecule has 7 heteroatoms. The fraction of sp³-hybridized carbons (Fsp3) is 0.591. The third kappa shape index (κ3) is 5.71. The number of nitrogens with zero attached hydrogens (tertiary/aromatic N) is 1. The maximum absolute atomic E-state index is 12.8.